The Labute approximate surface area is 143 Å². The van der Waals surface area contributed by atoms with E-state index < -0.39 is 6.10 Å². The fourth-order valence-corrected chi connectivity index (χ4v) is 3.98. The lowest BCUT2D eigenvalue weighted by Crippen LogP contribution is -2.42. The molecule has 0 unspecified atom stereocenters. The molecule has 24 heavy (non-hydrogen) atoms. The lowest BCUT2D eigenvalue weighted by molar-refractivity contribution is -0.126. The fourth-order valence-electron chi connectivity index (χ4n) is 3.26. The van der Waals surface area contributed by atoms with Crippen LogP contribution in [-0.4, -0.2) is 51.4 Å². The van der Waals surface area contributed by atoms with Gasteiger partial charge in [0, 0.05) is 25.5 Å². The van der Waals surface area contributed by atoms with E-state index in [1.165, 1.54) is 6.20 Å². The van der Waals surface area contributed by atoms with Crippen molar-refractivity contribution >= 4 is 28.2 Å². The molecule has 0 aliphatic carbocycles. The summed E-state index contributed by atoms with van der Waals surface area (Å²) in [5, 5.41) is 12.9. The van der Waals surface area contributed by atoms with Crippen LogP contribution in [0.1, 0.15) is 17.8 Å². The molecular formula is C15H18N6O2S. The summed E-state index contributed by atoms with van der Waals surface area (Å²) in [4.78, 5) is 22.6. The first-order valence-electron chi connectivity index (χ1n) is 7.96. The van der Waals surface area contributed by atoms with E-state index in [2.05, 4.69) is 30.4 Å². The lowest BCUT2D eigenvalue weighted by Gasteiger charge is -2.33. The second-order valence-corrected chi connectivity index (χ2v) is 7.24. The molecule has 4 rings (SSSR count). The number of piperidine rings is 1. The first-order chi connectivity index (χ1) is 11.7. The highest BCUT2D eigenvalue weighted by atomic mass is 32.1. The molecular weight excluding hydrogens is 328 g/mol. The number of anilines is 2. The molecule has 0 saturated carbocycles. The van der Waals surface area contributed by atoms with Gasteiger partial charge in [-0.1, -0.05) is 11.3 Å². The summed E-state index contributed by atoms with van der Waals surface area (Å²) in [6.45, 7) is 3.64. The van der Waals surface area contributed by atoms with Crippen molar-refractivity contribution < 1.29 is 9.53 Å². The number of rotatable bonds is 3. The first kappa shape index (κ1) is 15.4. The van der Waals surface area contributed by atoms with Gasteiger partial charge >= 0.3 is 0 Å². The number of aromatic nitrogens is 4. The number of carbonyl (C=O) groups is 1. The van der Waals surface area contributed by atoms with Crippen molar-refractivity contribution in [3.05, 3.63) is 23.6 Å². The maximum Gasteiger partial charge on any atom is 0.254 e. The Morgan fingerprint density at radius 3 is 3.08 bits per heavy atom. The van der Waals surface area contributed by atoms with E-state index in [1.807, 2.05) is 6.92 Å². The van der Waals surface area contributed by atoms with Crippen LogP contribution in [0.2, 0.25) is 0 Å². The summed E-state index contributed by atoms with van der Waals surface area (Å²) in [6.07, 6.45) is 6.02. The summed E-state index contributed by atoms with van der Waals surface area (Å²) >= 11 is 1.59. The average molecular weight is 346 g/mol. The molecule has 3 atom stereocenters. The Morgan fingerprint density at radius 2 is 2.33 bits per heavy atom. The van der Waals surface area contributed by atoms with E-state index >= 15 is 0 Å². The van der Waals surface area contributed by atoms with Crippen LogP contribution in [0.4, 0.5) is 10.9 Å². The van der Waals surface area contributed by atoms with E-state index in [0.29, 0.717) is 11.7 Å². The van der Waals surface area contributed by atoms with Crippen molar-refractivity contribution in [3.8, 4) is 0 Å². The van der Waals surface area contributed by atoms with Crippen molar-refractivity contribution in [3.63, 3.8) is 0 Å². The molecule has 9 heteroatoms. The maximum atomic E-state index is 12.4. The molecule has 0 bridgehead atoms. The molecule has 2 aliphatic heterocycles. The van der Waals surface area contributed by atoms with Crippen molar-refractivity contribution in [1.29, 1.82) is 0 Å². The van der Waals surface area contributed by atoms with Crippen LogP contribution in [0.5, 0.6) is 0 Å². The number of hydrogen-bond acceptors (Lipinski definition) is 8. The van der Waals surface area contributed by atoms with E-state index in [4.69, 9.17) is 4.74 Å². The Hall–Kier alpha value is -2.13. The first-order valence-corrected chi connectivity index (χ1v) is 8.78. The quantitative estimate of drug-likeness (QED) is 0.894. The molecule has 2 fully saturated rings. The molecule has 0 spiro atoms. The van der Waals surface area contributed by atoms with Crippen molar-refractivity contribution in [2.75, 3.05) is 23.3 Å². The Morgan fingerprint density at radius 1 is 1.42 bits per heavy atom. The molecule has 2 aromatic rings. The number of fused-ring (bicyclic) bond motifs is 1. The number of ether oxygens (including phenoxy) is 1. The van der Waals surface area contributed by atoms with Gasteiger partial charge in [-0.3, -0.25) is 9.78 Å². The van der Waals surface area contributed by atoms with Gasteiger partial charge in [-0.05, 0) is 25.7 Å². The largest absolute Gasteiger partial charge is 0.363 e. The zero-order valence-electron chi connectivity index (χ0n) is 13.3. The normalized spacial score (nSPS) is 26.2. The van der Waals surface area contributed by atoms with Gasteiger partial charge in [0.15, 0.2) is 5.82 Å². The summed E-state index contributed by atoms with van der Waals surface area (Å²) in [6, 6.07) is 0. The van der Waals surface area contributed by atoms with Crippen LogP contribution in [0.25, 0.3) is 0 Å². The minimum absolute atomic E-state index is 0.0561. The van der Waals surface area contributed by atoms with Crippen LogP contribution in [-0.2, 0) is 9.53 Å². The van der Waals surface area contributed by atoms with Crippen LogP contribution in [0.15, 0.2) is 18.6 Å². The predicted molar refractivity (Wildman–Crippen MR) is 88.9 cm³/mol. The van der Waals surface area contributed by atoms with E-state index in [-0.39, 0.29) is 12.0 Å². The molecule has 0 radical (unpaired) electrons. The number of nitrogens with one attached hydrogen (secondary N) is 1. The molecule has 2 saturated heterocycles. The van der Waals surface area contributed by atoms with Gasteiger partial charge in [-0.2, -0.15) is 0 Å². The van der Waals surface area contributed by atoms with Gasteiger partial charge in [0.2, 0.25) is 5.13 Å². The van der Waals surface area contributed by atoms with Gasteiger partial charge in [0.05, 0.1) is 12.3 Å². The molecule has 8 nitrogen and oxygen atoms in total. The topological polar surface area (TPSA) is 93.1 Å². The summed E-state index contributed by atoms with van der Waals surface area (Å²) in [5.74, 6) is 0.711. The Kier molecular flexibility index (Phi) is 4.11. The molecule has 0 aromatic carbocycles. The Balaban J connectivity index is 1.38. The zero-order valence-corrected chi connectivity index (χ0v) is 14.1. The highest BCUT2D eigenvalue weighted by molar-refractivity contribution is 7.15. The predicted octanol–water partition coefficient (Wildman–Crippen LogP) is 1.26. The van der Waals surface area contributed by atoms with E-state index in [9.17, 15) is 4.79 Å². The van der Waals surface area contributed by atoms with Crippen molar-refractivity contribution in [1.82, 2.24) is 20.2 Å². The third kappa shape index (κ3) is 3.09. The van der Waals surface area contributed by atoms with Gasteiger partial charge in [-0.25, -0.2) is 4.98 Å². The monoisotopic (exact) mass is 346 g/mol. The average Bonchev–Trinajstić information content (AvgIpc) is 3.21. The number of nitrogens with zero attached hydrogens (tertiary/aromatic N) is 5. The molecule has 126 valence electrons. The smallest absolute Gasteiger partial charge is 0.254 e. The van der Waals surface area contributed by atoms with Gasteiger partial charge in [-0.15, -0.1) is 10.2 Å². The van der Waals surface area contributed by atoms with Crippen molar-refractivity contribution in [2.24, 2.45) is 5.92 Å². The van der Waals surface area contributed by atoms with Crippen LogP contribution in [0.3, 0.4) is 0 Å². The molecule has 1 N–H and O–H groups in total. The zero-order chi connectivity index (χ0) is 16.5. The SMILES string of the molecule is Cc1nnc(N2CC[C@@H]3C[C@H](C(=O)Nc4cnccn4)O[C@H]3C2)s1. The summed E-state index contributed by atoms with van der Waals surface area (Å²) in [5.41, 5.74) is 0. The highest BCUT2D eigenvalue weighted by Crippen LogP contribution is 2.35. The van der Waals surface area contributed by atoms with Crippen LogP contribution >= 0.6 is 11.3 Å². The highest BCUT2D eigenvalue weighted by Gasteiger charge is 2.42. The maximum absolute atomic E-state index is 12.4. The third-order valence-corrected chi connectivity index (χ3v) is 5.34. The van der Waals surface area contributed by atoms with Gasteiger partial charge < -0.3 is 15.0 Å². The van der Waals surface area contributed by atoms with Gasteiger partial charge in [0.25, 0.3) is 5.91 Å². The number of carbonyl (C=O) groups excluding carboxylic acids is 1. The molecule has 1 amide bonds. The lowest BCUT2D eigenvalue weighted by atomic mass is 9.92. The number of hydrogen-bond donors (Lipinski definition) is 1. The molecule has 4 heterocycles. The Bertz CT molecular complexity index is 724. The standard InChI is InChI=1S/C15H18N6O2S/c1-9-19-20-15(24-9)21-5-2-10-6-11(23-12(10)8-21)14(22)18-13-7-16-3-4-17-13/h3-4,7,10-12H,2,5-6,8H2,1H3,(H,17,18,22)/t10-,11-,12+/m1/s1. The van der Waals surface area contributed by atoms with E-state index in [0.717, 1.165) is 36.1 Å². The summed E-state index contributed by atoms with van der Waals surface area (Å²) in [7, 11) is 0. The summed E-state index contributed by atoms with van der Waals surface area (Å²) < 4.78 is 6.01. The van der Waals surface area contributed by atoms with Gasteiger partial charge in [0.1, 0.15) is 11.1 Å². The second-order valence-electron chi connectivity index (χ2n) is 6.08. The fraction of sp³-hybridized carbons (Fsp3) is 0.533. The van der Waals surface area contributed by atoms with E-state index in [1.54, 1.807) is 23.7 Å². The number of aryl methyl sites for hydroxylation is 1. The van der Waals surface area contributed by atoms with Crippen LogP contribution in [0, 0.1) is 12.8 Å². The molecule has 2 aliphatic rings. The minimum atomic E-state index is -0.432. The third-order valence-electron chi connectivity index (χ3n) is 4.44. The van der Waals surface area contributed by atoms with Crippen molar-refractivity contribution in [2.45, 2.75) is 32.0 Å². The minimum Gasteiger partial charge on any atom is -0.363 e. The molecule has 2 aromatic heterocycles. The van der Waals surface area contributed by atoms with Crippen LogP contribution < -0.4 is 10.2 Å². The second kappa shape index (κ2) is 6.40. The number of amides is 1.